The first-order chi connectivity index (χ1) is 9.43. The molecule has 0 fully saturated rings. The molecule has 0 aliphatic carbocycles. The summed E-state index contributed by atoms with van der Waals surface area (Å²) in [6, 6.07) is 0. The standard InChI is InChI=1S/C8H2N6O6/c15-7-4-6(14(19)20)10-2-12(4)8(16)3-5(13(17)18)9-1-11(3)7/h1-2H. The second-order valence-corrected chi connectivity index (χ2v) is 3.70. The van der Waals surface area contributed by atoms with Crippen molar-refractivity contribution in [2.45, 2.75) is 0 Å². The highest BCUT2D eigenvalue weighted by Crippen LogP contribution is 2.16. The predicted molar refractivity (Wildman–Crippen MR) is 61.0 cm³/mol. The Balaban J connectivity index is 2.65. The number of hydrogen-bond donors (Lipinski definition) is 0. The SMILES string of the molecule is O=c1c2c([N+](=O)[O-])ncn2c(=O)c2c([N+](=O)[O-])ncn12. The zero-order valence-corrected chi connectivity index (χ0v) is 9.29. The average molecular weight is 278 g/mol. The maximum atomic E-state index is 12.1. The van der Waals surface area contributed by atoms with Gasteiger partial charge in [-0.25, -0.2) is 8.80 Å². The molecule has 3 aromatic rings. The molecule has 0 bridgehead atoms. The summed E-state index contributed by atoms with van der Waals surface area (Å²) < 4.78 is 1.20. The second-order valence-electron chi connectivity index (χ2n) is 3.70. The van der Waals surface area contributed by atoms with Crippen LogP contribution in [0.1, 0.15) is 0 Å². The van der Waals surface area contributed by atoms with Gasteiger partial charge < -0.3 is 20.2 Å². The van der Waals surface area contributed by atoms with Gasteiger partial charge in [0, 0.05) is 0 Å². The van der Waals surface area contributed by atoms with Crippen molar-refractivity contribution in [1.82, 2.24) is 18.8 Å². The van der Waals surface area contributed by atoms with E-state index in [1.54, 1.807) is 0 Å². The zero-order chi connectivity index (χ0) is 14.6. The van der Waals surface area contributed by atoms with Crippen LogP contribution in [0.25, 0.3) is 11.0 Å². The van der Waals surface area contributed by atoms with Gasteiger partial charge in [0.25, 0.3) is 11.1 Å². The smallest absolute Gasteiger partial charge is 0.358 e. The summed E-state index contributed by atoms with van der Waals surface area (Å²) >= 11 is 0. The van der Waals surface area contributed by atoms with Crippen LogP contribution in [-0.4, -0.2) is 28.6 Å². The van der Waals surface area contributed by atoms with Crippen molar-refractivity contribution in [1.29, 1.82) is 0 Å². The predicted octanol–water partition coefficient (Wildman–Crippen LogP) is -1.04. The molecular formula is C8H2N6O6. The average Bonchev–Trinajstić information content (AvgIpc) is 3.00. The molecule has 3 rings (SSSR count). The van der Waals surface area contributed by atoms with Crippen LogP contribution in [0.5, 0.6) is 0 Å². The minimum absolute atomic E-state index is 0.570. The number of fused-ring (bicyclic) bond motifs is 2. The molecule has 0 aliphatic heterocycles. The molecule has 0 spiro atoms. The van der Waals surface area contributed by atoms with Crippen molar-refractivity contribution in [3.8, 4) is 0 Å². The third-order valence-electron chi connectivity index (χ3n) is 2.69. The van der Waals surface area contributed by atoms with Gasteiger partial charge in [0.15, 0.2) is 0 Å². The van der Waals surface area contributed by atoms with E-state index < -0.39 is 43.6 Å². The number of aromatic nitrogens is 4. The van der Waals surface area contributed by atoms with Crippen molar-refractivity contribution in [2.75, 3.05) is 0 Å². The van der Waals surface area contributed by atoms with E-state index in [-0.39, 0.29) is 0 Å². The lowest BCUT2D eigenvalue weighted by atomic mass is 10.4. The lowest BCUT2D eigenvalue weighted by Crippen LogP contribution is -2.25. The summed E-state index contributed by atoms with van der Waals surface area (Å²) in [7, 11) is 0. The van der Waals surface area contributed by atoms with Crippen LogP contribution >= 0.6 is 0 Å². The number of nitro groups is 2. The quantitative estimate of drug-likeness (QED) is 0.425. The maximum absolute atomic E-state index is 12.1. The lowest BCUT2D eigenvalue weighted by molar-refractivity contribution is -0.387. The molecule has 3 heterocycles. The van der Waals surface area contributed by atoms with E-state index in [0.717, 1.165) is 12.7 Å². The molecule has 0 aliphatic rings. The second kappa shape index (κ2) is 3.53. The third-order valence-corrected chi connectivity index (χ3v) is 2.69. The molecule has 12 heteroatoms. The first-order valence-corrected chi connectivity index (χ1v) is 4.96. The van der Waals surface area contributed by atoms with Gasteiger partial charge in [-0.05, 0) is 19.8 Å². The van der Waals surface area contributed by atoms with Gasteiger partial charge in [0.2, 0.25) is 23.7 Å². The molecule has 0 atom stereocenters. The largest absolute Gasteiger partial charge is 0.395 e. The Morgan fingerprint density at radius 3 is 1.50 bits per heavy atom. The Labute approximate surface area is 106 Å². The summed E-state index contributed by atoms with van der Waals surface area (Å²) in [5.41, 5.74) is -3.10. The monoisotopic (exact) mass is 278 g/mol. The first kappa shape index (κ1) is 11.6. The minimum Gasteiger partial charge on any atom is -0.358 e. The topological polar surface area (TPSA) is 155 Å². The first-order valence-electron chi connectivity index (χ1n) is 4.96. The number of nitrogens with zero attached hydrogens (tertiary/aromatic N) is 6. The van der Waals surface area contributed by atoms with Gasteiger partial charge in [0.05, 0.1) is 0 Å². The summed E-state index contributed by atoms with van der Waals surface area (Å²) in [6.07, 6.45) is 1.54. The third kappa shape index (κ3) is 1.23. The lowest BCUT2D eigenvalue weighted by Gasteiger charge is -1.94. The van der Waals surface area contributed by atoms with Crippen molar-refractivity contribution >= 4 is 22.7 Å². The summed E-state index contributed by atoms with van der Waals surface area (Å²) in [4.78, 5) is 50.5. The Bertz CT molecular complexity index is 920. The number of hydrogen-bond acceptors (Lipinski definition) is 8. The van der Waals surface area contributed by atoms with E-state index in [2.05, 4.69) is 9.97 Å². The van der Waals surface area contributed by atoms with E-state index in [9.17, 15) is 29.8 Å². The molecule has 0 amide bonds. The molecule has 3 aromatic heterocycles. The number of imidazole rings is 2. The van der Waals surface area contributed by atoms with Crippen LogP contribution in [0.2, 0.25) is 0 Å². The number of rotatable bonds is 2. The van der Waals surface area contributed by atoms with Crippen molar-refractivity contribution in [3.05, 3.63) is 53.6 Å². The molecule has 12 nitrogen and oxygen atoms in total. The van der Waals surface area contributed by atoms with E-state index in [4.69, 9.17) is 0 Å². The summed E-state index contributed by atoms with van der Waals surface area (Å²) in [5.74, 6) is -1.60. The van der Waals surface area contributed by atoms with Gasteiger partial charge in [-0.2, -0.15) is 0 Å². The Hall–Kier alpha value is -3.44. The highest BCUT2D eigenvalue weighted by atomic mass is 16.6. The molecule has 0 unspecified atom stereocenters. The molecule has 0 saturated carbocycles. The van der Waals surface area contributed by atoms with Crippen molar-refractivity contribution in [2.24, 2.45) is 0 Å². The van der Waals surface area contributed by atoms with Crippen LogP contribution in [0.3, 0.4) is 0 Å². The highest BCUT2D eigenvalue weighted by Gasteiger charge is 2.28. The molecular weight excluding hydrogens is 276 g/mol. The van der Waals surface area contributed by atoms with Gasteiger partial charge in [-0.15, -0.1) is 0 Å². The molecule has 0 N–H and O–H groups in total. The Kier molecular flexibility index (Phi) is 2.06. The van der Waals surface area contributed by atoms with Crippen LogP contribution in [-0.2, 0) is 0 Å². The van der Waals surface area contributed by atoms with Gasteiger partial charge in [0.1, 0.15) is 0 Å². The highest BCUT2D eigenvalue weighted by molar-refractivity contribution is 5.67. The van der Waals surface area contributed by atoms with Gasteiger partial charge in [-0.3, -0.25) is 9.59 Å². The summed E-state index contributed by atoms with van der Waals surface area (Å²) in [6.45, 7) is 0. The molecule has 0 aromatic carbocycles. The van der Waals surface area contributed by atoms with E-state index in [0.29, 0.717) is 8.80 Å². The van der Waals surface area contributed by atoms with Crippen molar-refractivity contribution < 1.29 is 9.85 Å². The Morgan fingerprint density at radius 2 is 1.20 bits per heavy atom. The maximum Gasteiger partial charge on any atom is 0.395 e. The van der Waals surface area contributed by atoms with Gasteiger partial charge in [-0.1, -0.05) is 0 Å². The van der Waals surface area contributed by atoms with Gasteiger partial charge >= 0.3 is 11.6 Å². The van der Waals surface area contributed by atoms with Crippen LogP contribution in [0, 0.1) is 20.2 Å². The zero-order valence-electron chi connectivity index (χ0n) is 9.29. The molecule has 20 heavy (non-hydrogen) atoms. The molecule has 0 radical (unpaired) electrons. The van der Waals surface area contributed by atoms with E-state index in [1.807, 2.05) is 0 Å². The minimum atomic E-state index is -0.982. The fraction of sp³-hybridized carbons (Fsp3) is 0. The van der Waals surface area contributed by atoms with Crippen LogP contribution in [0.15, 0.2) is 22.2 Å². The fourth-order valence-electron chi connectivity index (χ4n) is 1.88. The summed E-state index contributed by atoms with van der Waals surface area (Å²) in [5, 5.41) is 21.5. The van der Waals surface area contributed by atoms with E-state index >= 15 is 0 Å². The normalized spacial score (nSPS) is 11.2. The molecule has 0 saturated heterocycles. The van der Waals surface area contributed by atoms with Crippen LogP contribution < -0.4 is 11.1 Å². The molecule has 100 valence electrons. The van der Waals surface area contributed by atoms with Crippen LogP contribution in [0.4, 0.5) is 11.6 Å². The fourth-order valence-corrected chi connectivity index (χ4v) is 1.88. The van der Waals surface area contributed by atoms with Crippen molar-refractivity contribution in [3.63, 3.8) is 0 Å². The van der Waals surface area contributed by atoms with E-state index in [1.165, 1.54) is 0 Å². The Morgan fingerprint density at radius 1 is 0.850 bits per heavy atom.